The fourth-order valence-electron chi connectivity index (χ4n) is 2.63. The first-order valence-electron chi connectivity index (χ1n) is 6.60. The summed E-state index contributed by atoms with van der Waals surface area (Å²) in [6, 6.07) is 6.47. The number of hydroxylamine groups is 2. The topological polar surface area (TPSA) is 87.1 Å². The number of nitrogens with zero attached hydrogens (tertiary/aromatic N) is 1. The van der Waals surface area contributed by atoms with E-state index in [-0.39, 0.29) is 0 Å². The van der Waals surface area contributed by atoms with Crippen molar-refractivity contribution in [2.45, 2.75) is 37.6 Å². The minimum atomic E-state index is -1.09. The van der Waals surface area contributed by atoms with E-state index in [0.717, 1.165) is 0 Å². The van der Waals surface area contributed by atoms with Gasteiger partial charge in [0.15, 0.2) is 0 Å². The highest BCUT2D eigenvalue weighted by atomic mass is 16.7. The number of rotatable bonds is 2. The molecule has 3 atom stereocenters. The maximum Gasteiger partial charge on any atom is 0.285 e. The molecule has 2 N–H and O–H groups in total. The highest BCUT2D eigenvalue weighted by Crippen LogP contribution is 2.27. The van der Waals surface area contributed by atoms with Crippen molar-refractivity contribution in [3.63, 3.8) is 0 Å². The molecule has 1 fully saturated rings. The van der Waals surface area contributed by atoms with Gasteiger partial charge in [-0.15, -0.1) is 5.06 Å². The molecule has 1 aliphatic carbocycles. The Bertz CT molecular complexity index is 523. The first-order chi connectivity index (χ1) is 9.59. The Morgan fingerprint density at radius 3 is 2.25 bits per heavy atom. The number of aliphatic hydroxyl groups excluding tert-OH is 2. The van der Waals surface area contributed by atoms with E-state index in [4.69, 9.17) is 4.84 Å². The molecule has 6 nitrogen and oxygen atoms in total. The summed E-state index contributed by atoms with van der Waals surface area (Å²) in [4.78, 5) is 29.6. The van der Waals surface area contributed by atoms with E-state index in [1.54, 1.807) is 24.3 Å². The van der Waals surface area contributed by atoms with Gasteiger partial charge in [-0.3, -0.25) is 14.4 Å². The van der Waals surface area contributed by atoms with Crippen molar-refractivity contribution in [2.75, 3.05) is 0 Å². The zero-order chi connectivity index (χ0) is 14.3. The third-order valence-electron chi connectivity index (χ3n) is 3.76. The molecule has 1 aliphatic heterocycles. The molecule has 1 saturated carbocycles. The number of imide groups is 1. The first-order valence-corrected chi connectivity index (χ1v) is 6.60. The number of hydrogen-bond donors (Lipinski definition) is 2. The molecule has 1 aromatic rings. The molecule has 2 amide bonds. The van der Waals surface area contributed by atoms with Crippen molar-refractivity contribution in [1.29, 1.82) is 0 Å². The van der Waals surface area contributed by atoms with E-state index in [1.165, 1.54) is 0 Å². The summed E-state index contributed by atoms with van der Waals surface area (Å²) in [5.74, 6) is -1.06. The van der Waals surface area contributed by atoms with E-state index in [2.05, 4.69) is 0 Å². The van der Waals surface area contributed by atoms with Crippen LogP contribution in [0.25, 0.3) is 0 Å². The molecular formula is C14H15NO5. The molecule has 1 aromatic carbocycles. The molecule has 0 saturated heterocycles. The normalized spacial score (nSPS) is 29.7. The van der Waals surface area contributed by atoms with Crippen molar-refractivity contribution in [2.24, 2.45) is 0 Å². The lowest BCUT2D eigenvalue weighted by Crippen LogP contribution is -2.47. The lowest BCUT2D eigenvalue weighted by atomic mass is 9.92. The Labute approximate surface area is 115 Å². The Kier molecular flexibility index (Phi) is 3.29. The maximum absolute atomic E-state index is 12.1. The number of carbonyl (C=O) groups is 2. The highest BCUT2D eigenvalue weighted by molar-refractivity contribution is 6.20. The molecule has 2 aliphatic rings. The first kappa shape index (κ1) is 13.2. The average Bonchev–Trinajstić information content (AvgIpc) is 2.69. The second-order valence-corrected chi connectivity index (χ2v) is 5.08. The number of fused-ring (bicyclic) bond motifs is 1. The summed E-state index contributed by atoms with van der Waals surface area (Å²) < 4.78 is 0. The van der Waals surface area contributed by atoms with Crippen LogP contribution in [0.2, 0.25) is 0 Å². The monoisotopic (exact) mass is 277 g/mol. The fraction of sp³-hybridized carbons (Fsp3) is 0.429. The molecule has 0 aromatic heterocycles. The smallest absolute Gasteiger partial charge is 0.285 e. The van der Waals surface area contributed by atoms with Gasteiger partial charge in [-0.05, 0) is 31.4 Å². The van der Waals surface area contributed by atoms with Gasteiger partial charge >= 0.3 is 0 Å². The Morgan fingerprint density at radius 2 is 1.65 bits per heavy atom. The van der Waals surface area contributed by atoms with Gasteiger partial charge in [-0.25, -0.2) is 0 Å². The summed E-state index contributed by atoms with van der Waals surface area (Å²) in [6.45, 7) is 0. The Balaban J connectivity index is 1.80. The predicted octanol–water partition coefficient (Wildman–Crippen LogP) is 0.488. The summed E-state index contributed by atoms with van der Waals surface area (Å²) in [6.07, 6.45) is -1.07. The number of aliphatic hydroxyl groups is 2. The molecule has 6 heteroatoms. The van der Waals surface area contributed by atoms with Crippen LogP contribution in [0, 0.1) is 0 Å². The van der Waals surface area contributed by atoms with Crippen LogP contribution in [0.5, 0.6) is 0 Å². The molecule has 106 valence electrons. The van der Waals surface area contributed by atoms with Crippen LogP contribution >= 0.6 is 0 Å². The van der Waals surface area contributed by atoms with Crippen LogP contribution in [-0.4, -0.2) is 45.4 Å². The second-order valence-electron chi connectivity index (χ2n) is 5.08. The summed E-state index contributed by atoms with van der Waals surface area (Å²) in [5.41, 5.74) is 0.590. The summed E-state index contributed by atoms with van der Waals surface area (Å²) in [5, 5.41) is 20.2. The standard InChI is InChI=1S/C14H15NO5/c16-10-6-3-7-11(12(10)17)20-15-13(18)8-4-1-2-5-9(8)14(15)19/h1-2,4-5,10-12,16-17H,3,6-7H2/t10-,11-,12-/m0/s1. The molecular weight excluding hydrogens is 262 g/mol. The van der Waals surface area contributed by atoms with Gasteiger partial charge in [0, 0.05) is 0 Å². The predicted molar refractivity (Wildman–Crippen MR) is 67.7 cm³/mol. The lowest BCUT2D eigenvalue weighted by Gasteiger charge is -2.32. The summed E-state index contributed by atoms with van der Waals surface area (Å²) >= 11 is 0. The van der Waals surface area contributed by atoms with Crippen molar-refractivity contribution in [3.05, 3.63) is 35.4 Å². The molecule has 0 spiro atoms. The largest absolute Gasteiger partial charge is 0.390 e. The van der Waals surface area contributed by atoms with Crippen molar-refractivity contribution in [1.82, 2.24) is 5.06 Å². The average molecular weight is 277 g/mol. The maximum atomic E-state index is 12.1. The van der Waals surface area contributed by atoms with Gasteiger partial charge < -0.3 is 10.2 Å². The zero-order valence-corrected chi connectivity index (χ0v) is 10.7. The lowest BCUT2D eigenvalue weighted by molar-refractivity contribution is -0.194. The minimum absolute atomic E-state index is 0.295. The van der Waals surface area contributed by atoms with Crippen LogP contribution in [0.4, 0.5) is 0 Å². The number of amides is 2. The van der Waals surface area contributed by atoms with Gasteiger partial charge in [-0.1, -0.05) is 12.1 Å². The fourth-order valence-corrected chi connectivity index (χ4v) is 2.63. The quantitative estimate of drug-likeness (QED) is 0.768. The van der Waals surface area contributed by atoms with Crippen LogP contribution in [0.15, 0.2) is 24.3 Å². The van der Waals surface area contributed by atoms with E-state index in [9.17, 15) is 19.8 Å². The minimum Gasteiger partial charge on any atom is -0.390 e. The van der Waals surface area contributed by atoms with E-state index < -0.39 is 30.1 Å². The third kappa shape index (κ3) is 2.02. The molecule has 1 heterocycles. The Hall–Kier alpha value is -1.76. The van der Waals surface area contributed by atoms with Gasteiger partial charge in [0.2, 0.25) is 0 Å². The van der Waals surface area contributed by atoms with Crippen molar-refractivity contribution in [3.8, 4) is 0 Å². The number of hydrogen-bond acceptors (Lipinski definition) is 5. The van der Waals surface area contributed by atoms with Crippen LogP contribution < -0.4 is 0 Å². The molecule has 0 radical (unpaired) electrons. The molecule has 3 rings (SSSR count). The highest BCUT2D eigenvalue weighted by Gasteiger charge is 2.41. The zero-order valence-electron chi connectivity index (χ0n) is 10.7. The SMILES string of the molecule is O=C1c2ccccc2C(=O)N1O[C@H]1CCC[C@H](O)[C@@H]1O. The molecule has 20 heavy (non-hydrogen) atoms. The number of benzene rings is 1. The second kappa shape index (κ2) is 4.97. The molecule has 0 unspecified atom stereocenters. The Morgan fingerprint density at radius 1 is 1.05 bits per heavy atom. The van der Waals surface area contributed by atoms with Gasteiger partial charge in [0.25, 0.3) is 11.8 Å². The van der Waals surface area contributed by atoms with E-state index in [0.29, 0.717) is 35.5 Å². The van der Waals surface area contributed by atoms with E-state index in [1.807, 2.05) is 0 Å². The molecule has 0 bridgehead atoms. The summed E-state index contributed by atoms with van der Waals surface area (Å²) in [7, 11) is 0. The van der Waals surface area contributed by atoms with Crippen molar-refractivity contribution < 1.29 is 24.6 Å². The van der Waals surface area contributed by atoms with Crippen LogP contribution in [0.1, 0.15) is 40.0 Å². The number of carbonyl (C=O) groups excluding carboxylic acids is 2. The van der Waals surface area contributed by atoms with Crippen LogP contribution in [-0.2, 0) is 4.84 Å². The third-order valence-corrected chi connectivity index (χ3v) is 3.76. The van der Waals surface area contributed by atoms with E-state index >= 15 is 0 Å². The van der Waals surface area contributed by atoms with Crippen molar-refractivity contribution >= 4 is 11.8 Å². The van der Waals surface area contributed by atoms with Gasteiger partial charge in [0.1, 0.15) is 12.2 Å². The van der Waals surface area contributed by atoms with Gasteiger partial charge in [0.05, 0.1) is 17.2 Å². The van der Waals surface area contributed by atoms with Crippen LogP contribution in [0.3, 0.4) is 0 Å². The van der Waals surface area contributed by atoms with Gasteiger partial charge in [-0.2, -0.15) is 0 Å².